The minimum Gasteiger partial charge on any atom is -0.480 e. The number of anilines is 1. The van der Waals surface area contributed by atoms with Gasteiger partial charge in [-0.3, -0.25) is 4.79 Å². The topological polar surface area (TPSA) is 32.8 Å². The standard InChI is InChI=1S/C21H23FN2O2/c22-17-7-9-18(10-8-17)23-12-3-13-24(15-14-23)21(25)20-11-6-16-4-1-2-5-19(16)26-20/h1-2,4-5,7-10,20H,3,6,11-15H2. The second-order valence-electron chi connectivity index (χ2n) is 6.90. The van der Waals surface area contributed by atoms with E-state index in [2.05, 4.69) is 11.0 Å². The summed E-state index contributed by atoms with van der Waals surface area (Å²) in [6.07, 6.45) is 2.12. The van der Waals surface area contributed by atoms with Crippen molar-refractivity contribution in [2.24, 2.45) is 0 Å². The van der Waals surface area contributed by atoms with Gasteiger partial charge in [0.1, 0.15) is 11.6 Å². The van der Waals surface area contributed by atoms with Gasteiger partial charge in [0.2, 0.25) is 0 Å². The van der Waals surface area contributed by atoms with Crippen molar-refractivity contribution in [3.05, 3.63) is 59.9 Å². The monoisotopic (exact) mass is 354 g/mol. The number of para-hydroxylation sites is 1. The maximum absolute atomic E-state index is 13.1. The molecule has 1 atom stereocenters. The van der Waals surface area contributed by atoms with Gasteiger partial charge in [0.15, 0.2) is 6.10 Å². The summed E-state index contributed by atoms with van der Waals surface area (Å²) in [5.41, 5.74) is 2.18. The number of fused-ring (bicyclic) bond motifs is 1. The Labute approximate surface area is 153 Å². The molecule has 0 N–H and O–H groups in total. The molecular weight excluding hydrogens is 331 g/mol. The van der Waals surface area contributed by atoms with Crippen LogP contribution in [0.4, 0.5) is 10.1 Å². The van der Waals surface area contributed by atoms with Gasteiger partial charge in [0, 0.05) is 31.9 Å². The number of carbonyl (C=O) groups excluding carboxylic acids is 1. The number of amides is 1. The third-order valence-corrected chi connectivity index (χ3v) is 5.19. The molecule has 26 heavy (non-hydrogen) atoms. The number of carbonyl (C=O) groups is 1. The Morgan fingerprint density at radius 3 is 2.65 bits per heavy atom. The van der Waals surface area contributed by atoms with Crippen molar-refractivity contribution >= 4 is 11.6 Å². The summed E-state index contributed by atoms with van der Waals surface area (Å²) in [6.45, 7) is 3.01. The van der Waals surface area contributed by atoms with Crippen LogP contribution in [0.3, 0.4) is 0 Å². The number of halogens is 1. The largest absolute Gasteiger partial charge is 0.480 e. The van der Waals surface area contributed by atoms with E-state index in [9.17, 15) is 9.18 Å². The average molecular weight is 354 g/mol. The van der Waals surface area contributed by atoms with Crippen LogP contribution in [-0.2, 0) is 11.2 Å². The number of rotatable bonds is 2. The Morgan fingerprint density at radius 2 is 1.81 bits per heavy atom. The highest BCUT2D eigenvalue weighted by Crippen LogP contribution is 2.28. The SMILES string of the molecule is O=C(C1CCc2ccccc2O1)N1CCCN(c2ccc(F)cc2)CC1. The van der Waals surface area contributed by atoms with Crippen molar-refractivity contribution in [3.63, 3.8) is 0 Å². The molecule has 1 amide bonds. The van der Waals surface area contributed by atoms with Crippen LogP contribution < -0.4 is 9.64 Å². The van der Waals surface area contributed by atoms with Gasteiger partial charge >= 0.3 is 0 Å². The number of ether oxygens (including phenoxy) is 1. The number of hydrogen-bond donors (Lipinski definition) is 0. The van der Waals surface area contributed by atoms with E-state index in [-0.39, 0.29) is 17.8 Å². The minimum atomic E-state index is -0.387. The van der Waals surface area contributed by atoms with E-state index in [1.165, 1.54) is 17.7 Å². The van der Waals surface area contributed by atoms with Crippen molar-refractivity contribution in [1.82, 2.24) is 4.90 Å². The van der Waals surface area contributed by atoms with Gasteiger partial charge in [-0.2, -0.15) is 0 Å². The summed E-state index contributed by atoms with van der Waals surface area (Å²) >= 11 is 0. The van der Waals surface area contributed by atoms with Crippen LogP contribution in [0.5, 0.6) is 5.75 Å². The molecule has 4 rings (SSSR count). The Bertz CT molecular complexity index is 778. The molecule has 0 spiro atoms. The molecule has 2 aromatic rings. The second-order valence-corrected chi connectivity index (χ2v) is 6.90. The molecule has 0 aliphatic carbocycles. The van der Waals surface area contributed by atoms with Crippen LogP contribution in [0.2, 0.25) is 0 Å². The maximum Gasteiger partial charge on any atom is 0.263 e. The van der Waals surface area contributed by atoms with Gasteiger partial charge in [-0.15, -0.1) is 0 Å². The highest BCUT2D eigenvalue weighted by atomic mass is 19.1. The lowest BCUT2D eigenvalue weighted by Crippen LogP contribution is -2.45. The molecule has 2 aromatic carbocycles. The summed E-state index contributed by atoms with van der Waals surface area (Å²) in [7, 11) is 0. The van der Waals surface area contributed by atoms with Crippen molar-refractivity contribution in [1.29, 1.82) is 0 Å². The first-order chi connectivity index (χ1) is 12.7. The van der Waals surface area contributed by atoms with Crippen molar-refractivity contribution in [3.8, 4) is 5.75 Å². The molecule has 0 saturated carbocycles. The highest BCUT2D eigenvalue weighted by Gasteiger charge is 2.30. The molecule has 5 heteroatoms. The average Bonchev–Trinajstić information content (AvgIpc) is 2.94. The van der Waals surface area contributed by atoms with Gasteiger partial charge in [0.05, 0.1) is 0 Å². The van der Waals surface area contributed by atoms with Crippen LogP contribution in [0.1, 0.15) is 18.4 Å². The van der Waals surface area contributed by atoms with Gasteiger partial charge < -0.3 is 14.5 Å². The Hall–Kier alpha value is -2.56. The molecule has 0 aromatic heterocycles. The lowest BCUT2D eigenvalue weighted by molar-refractivity contribution is -0.139. The zero-order valence-electron chi connectivity index (χ0n) is 14.7. The summed E-state index contributed by atoms with van der Waals surface area (Å²) < 4.78 is 19.1. The van der Waals surface area contributed by atoms with E-state index in [0.29, 0.717) is 6.54 Å². The van der Waals surface area contributed by atoms with Crippen LogP contribution in [0.15, 0.2) is 48.5 Å². The summed E-state index contributed by atoms with van der Waals surface area (Å²) in [5.74, 6) is 0.690. The molecule has 2 aliphatic rings. The predicted octanol–water partition coefficient (Wildman–Crippen LogP) is 3.26. The van der Waals surface area contributed by atoms with Crippen LogP contribution in [-0.4, -0.2) is 43.1 Å². The molecule has 4 nitrogen and oxygen atoms in total. The third kappa shape index (κ3) is 3.52. The first-order valence-corrected chi connectivity index (χ1v) is 9.24. The third-order valence-electron chi connectivity index (χ3n) is 5.19. The summed E-state index contributed by atoms with van der Waals surface area (Å²) in [5, 5.41) is 0. The van der Waals surface area contributed by atoms with E-state index < -0.39 is 0 Å². The summed E-state index contributed by atoms with van der Waals surface area (Å²) in [4.78, 5) is 17.1. The fraction of sp³-hybridized carbons (Fsp3) is 0.381. The quantitative estimate of drug-likeness (QED) is 0.830. The van der Waals surface area contributed by atoms with Crippen LogP contribution in [0.25, 0.3) is 0 Å². The van der Waals surface area contributed by atoms with Crippen molar-refractivity contribution in [2.75, 3.05) is 31.1 Å². The normalized spacial score (nSPS) is 20.1. The molecule has 0 bridgehead atoms. The molecule has 1 saturated heterocycles. The predicted molar refractivity (Wildman–Crippen MR) is 99.0 cm³/mol. The van der Waals surface area contributed by atoms with Gasteiger partial charge in [-0.25, -0.2) is 4.39 Å². The lowest BCUT2D eigenvalue weighted by atomic mass is 10.0. The van der Waals surface area contributed by atoms with E-state index in [1.807, 2.05) is 23.1 Å². The summed E-state index contributed by atoms with van der Waals surface area (Å²) in [6, 6.07) is 14.5. The first-order valence-electron chi connectivity index (χ1n) is 9.24. The molecule has 2 aliphatic heterocycles. The fourth-order valence-corrected chi connectivity index (χ4v) is 3.75. The zero-order valence-corrected chi connectivity index (χ0v) is 14.7. The van der Waals surface area contributed by atoms with Crippen molar-refractivity contribution < 1.29 is 13.9 Å². The molecule has 1 fully saturated rings. The lowest BCUT2D eigenvalue weighted by Gasteiger charge is -2.30. The number of benzene rings is 2. The van der Waals surface area contributed by atoms with E-state index in [1.54, 1.807) is 12.1 Å². The molecule has 0 radical (unpaired) electrons. The molecule has 136 valence electrons. The van der Waals surface area contributed by atoms with Gasteiger partial charge in [-0.1, -0.05) is 18.2 Å². The Morgan fingerprint density at radius 1 is 1.00 bits per heavy atom. The zero-order chi connectivity index (χ0) is 17.9. The number of nitrogens with zero attached hydrogens (tertiary/aromatic N) is 2. The van der Waals surface area contributed by atoms with E-state index >= 15 is 0 Å². The van der Waals surface area contributed by atoms with Gasteiger partial charge in [0.25, 0.3) is 5.91 Å². The van der Waals surface area contributed by atoms with E-state index in [0.717, 1.165) is 50.3 Å². The van der Waals surface area contributed by atoms with Gasteiger partial charge in [-0.05, 0) is 55.2 Å². The highest BCUT2D eigenvalue weighted by molar-refractivity contribution is 5.81. The molecule has 2 heterocycles. The molecular formula is C21H23FN2O2. The second kappa shape index (κ2) is 7.36. The maximum atomic E-state index is 13.1. The Balaban J connectivity index is 1.39. The fourth-order valence-electron chi connectivity index (χ4n) is 3.75. The number of hydrogen-bond acceptors (Lipinski definition) is 3. The minimum absolute atomic E-state index is 0.0838. The van der Waals surface area contributed by atoms with E-state index in [4.69, 9.17) is 4.74 Å². The smallest absolute Gasteiger partial charge is 0.263 e. The van der Waals surface area contributed by atoms with Crippen molar-refractivity contribution in [2.45, 2.75) is 25.4 Å². The first kappa shape index (κ1) is 16.9. The van der Waals surface area contributed by atoms with Crippen LogP contribution in [0, 0.1) is 5.82 Å². The number of aryl methyl sites for hydroxylation is 1. The Kier molecular flexibility index (Phi) is 4.78. The molecule has 1 unspecified atom stereocenters. The van der Waals surface area contributed by atoms with Crippen LogP contribution >= 0.6 is 0 Å².